The lowest BCUT2D eigenvalue weighted by atomic mass is 10.0. The first-order chi connectivity index (χ1) is 19.9. The number of hydrogen-bond donors (Lipinski definition) is 0. The lowest BCUT2D eigenvalue weighted by Crippen LogP contribution is -2.53. The average molecular weight is 567 g/mol. The minimum Gasteiger partial charge on any atom is -0.454 e. The zero-order chi connectivity index (χ0) is 29.8. The summed E-state index contributed by atoms with van der Waals surface area (Å²) in [5, 5.41) is 0. The van der Waals surface area contributed by atoms with Gasteiger partial charge in [0, 0.05) is 18.4 Å². The predicted octanol–water partition coefficient (Wildman–Crippen LogP) is 10.0. The van der Waals surface area contributed by atoms with Gasteiger partial charge < -0.3 is 14.0 Å². The molecule has 0 fully saturated rings. The number of aryl methyl sites for hydroxylation is 1. The van der Waals surface area contributed by atoms with E-state index in [1.54, 1.807) is 0 Å². The van der Waals surface area contributed by atoms with Crippen LogP contribution in [0.4, 0.5) is 0 Å². The zero-order valence-corrected chi connectivity index (χ0v) is 27.0. The van der Waals surface area contributed by atoms with Crippen LogP contribution < -0.4 is 4.74 Å². The fourth-order valence-electron chi connectivity index (χ4n) is 5.82. The molecule has 0 amide bonds. The van der Waals surface area contributed by atoms with Gasteiger partial charge in [-0.2, -0.15) is 0 Å². The maximum atomic E-state index is 13.5. The first kappa shape index (κ1) is 34.9. The summed E-state index contributed by atoms with van der Waals surface area (Å²) >= 11 is 0. The van der Waals surface area contributed by atoms with Crippen LogP contribution in [-0.2, 0) is 22.5 Å². The number of benzene rings is 2. The third-order valence-corrected chi connectivity index (χ3v) is 8.24. The summed E-state index contributed by atoms with van der Waals surface area (Å²) in [6.07, 6.45) is 18.9. The second-order valence-corrected chi connectivity index (χ2v) is 12.4. The molecule has 2 atom stereocenters. The average Bonchev–Trinajstić information content (AvgIpc) is 2.95. The molecule has 0 bridgehead atoms. The number of quaternary nitrogens is 1. The van der Waals surface area contributed by atoms with Crippen molar-refractivity contribution in [2.45, 2.75) is 142 Å². The molecule has 0 aliphatic carbocycles. The van der Waals surface area contributed by atoms with Crippen LogP contribution in [0.15, 0.2) is 54.6 Å². The highest BCUT2D eigenvalue weighted by Crippen LogP contribution is 2.25. The quantitative estimate of drug-likeness (QED) is 0.0581. The van der Waals surface area contributed by atoms with Crippen LogP contribution in [-0.4, -0.2) is 36.9 Å². The Hall–Kier alpha value is -2.33. The third kappa shape index (κ3) is 13.9. The van der Waals surface area contributed by atoms with E-state index < -0.39 is 6.29 Å². The number of unbranched alkanes of at least 4 members (excludes halogenated alkanes) is 11. The Morgan fingerprint density at radius 1 is 0.707 bits per heavy atom. The van der Waals surface area contributed by atoms with Gasteiger partial charge in [-0.25, -0.2) is 4.79 Å². The number of para-hydroxylation sites is 1. The number of carbonyl (C=O) groups is 1. The van der Waals surface area contributed by atoms with Gasteiger partial charge in [-0.3, -0.25) is 0 Å². The molecule has 4 heteroatoms. The van der Waals surface area contributed by atoms with Crippen molar-refractivity contribution in [3.63, 3.8) is 0 Å². The Morgan fingerprint density at radius 2 is 1.27 bits per heavy atom. The first-order valence-electron chi connectivity index (χ1n) is 16.7. The van der Waals surface area contributed by atoms with Gasteiger partial charge in [-0.05, 0) is 30.9 Å². The Bertz CT molecular complexity index is 942. The van der Waals surface area contributed by atoms with Gasteiger partial charge in [0.2, 0.25) is 6.29 Å². The smallest absolute Gasteiger partial charge is 0.368 e. The summed E-state index contributed by atoms with van der Waals surface area (Å²) in [7, 11) is 4.23. The van der Waals surface area contributed by atoms with E-state index in [2.05, 4.69) is 71.3 Å². The normalized spacial score (nSPS) is 13.1. The van der Waals surface area contributed by atoms with Gasteiger partial charge in [0.1, 0.15) is 12.3 Å². The molecule has 0 radical (unpaired) electrons. The number of carbonyl (C=O) groups excluding carboxylic acids is 1. The number of ether oxygens (including phenoxy) is 2. The van der Waals surface area contributed by atoms with E-state index >= 15 is 0 Å². The molecule has 0 aliphatic heterocycles. The van der Waals surface area contributed by atoms with Crippen molar-refractivity contribution < 1.29 is 18.8 Å². The molecule has 0 saturated carbocycles. The predicted molar refractivity (Wildman–Crippen MR) is 173 cm³/mol. The van der Waals surface area contributed by atoms with E-state index in [0.717, 1.165) is 25.1 Å². The molecule has 0 saturated heterocycles. The van der Waals surface area contributed by atoms with Crippen molar-refractivity contribution in [2.75, 3.05) is 14.1 Å². The number of hydrogen-bond acceptors (Lipinski definition) is 3. The maximum absolute atomic E-state index is 13.5. The van der Waals surface area contributed by atoms with Crippen molar-refractivity contribution in [2.24, 2.45) is 0 Å². The molecule has 2 aromatic carbocycles. The van der Waals surface area contributed by atoms with Crippen LogP contribution >= 0.6 is 0 Å². The third-order valence-electron chi connectivity index (χ3n) is 8.24. The molecule has 2 unspecified atom stereocenters. The summed E-state index contributed by atoms with van der Waals surface area (Å²) in [6, 6.07) is 18.4. The van der Waals surface area contributed by atoms with Crippen LogP contribution in [0.3, 0.4) is 0 Å². The van der Waals surface area contributed by atoms with E-state index in [0.29, 0.717) is 17.3 Å². The number of esters is 1. The molecule has 41 heavy (non-hydrogen) atoms. The van der Waals surface area contributed by atoms with E-state index in [9.17, 15) is 4.79 Å². The summed E-state index contributed by atoms with van der Waals surface area (Å²) in [5.74, 6) is 0.679. The fraction of sp³-hybridized carbons (Fsp3) is 0.649. The van der Waals surface area contributed by atoms with Gasteiger partial charge in [0.15, 0.2) is 6.04 Å². The van der Waals surface area contributed by atoms with Crippen molar-refractivity contribution in [3.8, 4) is 5.75 Å². The number of nitrogens with zero attached hydrogens (tertiary/aromatic N) is 1. The van der Waals surface area contributed by atoms with Crippen molar-refractivity contribution in [3.05, 3.63) is 65.7 Å². The largest absolute Gasteiger partial charge is 0.454 e. The Labute approximate surface area is 252 Å². The van der Waals surface area contributed by atoms with Crippen molar-refractivity contribution in [1.29, 1.82) is 0 Å². The Kier molecular flexibility index (Phi) is 17.5. The monoisotopic (exact) mass is 566 g/mol. The van der Waals surface area contributed by atoms with Crippen LogP contribution in [0.1, 0.15) is 128 Å². The van der Waals surface area contributed by atoms with E-state index in [4.69, 9.17) is 9.47 Å². The van der Waals surface area contributed by atoms with Crippen LogP contribution in [0.2, 0.25) is 0 Å². The zero-order valence-electron chi connectivity index (χ0n) is 27.0. The highest BCUT2D eigenvalue weighted by Gasteiger charge is 2.36. The highest BCUT2D eigenvalue weighted by molar-refractivity contribution is 5.74. The Balaban J connectivity index is 1.83. The number of rotatable bonds is 23. The summed E-state index contributed by atoms with van der Waals surface area (Å²) in [4.78, 5) is 13.5. The molecular formula is C37H60NO3+. The molecule has 2 aromatic rings. The van der Waals surface area contributed by atoms with Crippen LogP contribution in [0.5, 0.6) is 5.75 Å². The molecule has 4 nitrogen and oxygen atoms in total. The van der Waals surface area contributed by atoms with Crippen molar-refractivity contribution >= 4 is 5.97 Å². The lowest BCUT2D eigenvalue weighted by molar-refractivity contribution is -0.919. The minimum atomic E-state index is -0.568. The molecule has 0 aromatic heterocycles. The molecule has 0 N–H and O–H groups in total. The van der Waals surface area contributed by atoms with Crippen LogP contribution in [0.25, 0.3) is 0 Å². The molecule has 2 rings (SSSR count). The fourth-order valence-corrected chi connectivity index (χ4v) is 5.82. The minimum absolute atomic E-state index is 0.176. The molecule has 230 valence electrons. The highest BCUT2D eigenvalue weighted by atomic mass is 16.7. The summed E-state index contributed by atoms with van der Waals surface area (Å²) in [5.41, 5.74) is 2.43. The molecular weight excluding hydrogens is 506 g/mol. The molecule has 0 aliphatic rings. The summed E-state index contributed by atoms with van der Waals surface area (Å²) < 4.78 is 13.0. The van der Waals surface area contributed by atoms with Crippen molar-refractivity contribution in [1.82, 2.24) is 0 Å². The van der Waals surface area contributed by atoms with Crippen LogP contribution in [0, 0.1) is 0 Å². The second-order valence-electron chi connectivity index (χ2n) is 12.4. The summed E-state index contributed by atoms with van der Waals surface area (Å²) in [6.45, 7) is 7.23. The topological polar surface area (TPSA) is 35.5 Å². The van der Waals surface area contributed by atoms with Gasteiger partial charge in [0.25, 0.3) is 0 Å². The van der Waals surface area contributed by atoms with Gasteiger partial charge in [-0.1, -0.05) is 140 Å². The second kappa shape index (κ2) is 20.5. The first-order valence-corrected chi connectivity index (χ1v) is 16.7. The molecule has 0 heterocycles. The number of likely N-dealkylation sites (N-methyl/N-ethyl adjacent to an activating group) is 1. The lowest BCUT2D eigenvalue weighted by Gasteiger charge is -2.36. The van der Waals surface area contributed by atoms with E-state index in [-0.39, 0.29) is 12.0 Å². The van der Waals surface area contributed by atoms with Gasteiger partial charge in [-0.15, -0.1) is 0 Å². The Morgan fingerprint density at radius 3 is 1.85 bits per heavy atom. The maximum Gasteiger partial charge on any atom is 0.368 e. The standard InChI is InChI=1S/C37H60NO3/c1-6-9-10-11-12-13-14-15-16-17-18-22-28-33-29-23-24-30-35(33)40-36(25-7-2)41-37(39)34(8-3)38(4,5)31-32-26-20-19-21-27-32/h19-21,23-24,26-27,29-30,34,36H,6-18,22,25,28,31H2,1-5H3/q+1. The van der Waals surface area contributed by atoms with Gasteiger partial charge in [0.05, 0.1) is 14.1 Å². The van der Waals surface area contributed by atoms with E-state index in [1.165, 1.54) is 88.2 Å². The van der Waals surface area contributed by atoms with Gasteiger partial charge >= 0.3 is 5.97 Å². The van der Waals surface area contributed by atoms with E-state index in [1.807, 2.05) is 18.2 Å². The molecule has 0 spiro atoms. The SMILES string of the molecule is CCCCCCCCCCCCCCc1ccccc1OC(CCC)OC(=O)C(CC)[N+](C)(C)Cc1ccccc1.